The van der Waals surface area contributed by atoms with Gasteiger partial charge in [0.15, 0.2) is 0 Å². The number of hydrogen-bond donors (Lipinski definition) is 1. The highest BCUT2D eigenvalue weighted by Gasteiger charge is 2.51. The zero-order chi connectivity index (χ0) is 22.8. The lowest BCUT2D eigenvalue weighted by molar-refractivity contribution is 0.00578. The van der Waals surface area contributed by atoms with Gasteiger partial charge in [0.1, 0.15) is 12.4 Å². The summed E-state index contributed by atoms with van der Waals surface area (Å²) in [5.74, 6) is 0.686. The smallest absolute Gasteiger partial charge is 0.492 e. The normalized spacial score (nSPS) is 16.5. The van der Waals surface area contributed by atoms with Gasteiger partial charge in [-0.15, -0.1) is 0 Å². The summed E-state index contributed by atoms with van der Waals surface area (Å²) < 4.78 is 22.9. The summed E-state index contributed by atoms with van der Waals surface area (Å²) in [5.41, 5.74) is 0.168. The minimum atomic E-state index is -0.435. The van der Waals surface area contributed by atoms with Gasteiger partial charge in [-0.1, -0.05) is 32.9 Å². The molecule has 30 heavy (non-hydrogen) atoms. The van der Waals surface area contributed by atoms with Crippen LogP contribution in [0.2, 0.25) is 0 Å². The molecule has 1 aromatic rings. The number of rotatable bonds is 9. The van der Waals surface area contributed by atoms with Gasteiger partial charge in [-0.05, 0) is 51.7 Å². The molecular formula is C22H38BNO6. The van der Waals surface area contributed by atoms with Gasteiger partial charge in [-0.2, -0.15) is 0 Å². The maximum absolute atomic E-state index is 11.9. The summed E-state index contributed by atoms with van der Waals surface area (Å²) in [6.45, 7) is 15.1. The number of amides is 1. The van der Waals surface area contributed by atoms with Crippen molar-refractivity contribution in [1.29, 1.82) is 0 Å². The lowest BCUT2D eigenvalue weighted by atomic mass is 9.79. The maximum atomic E-state index is 11.9. The van der Waals surface area contributed by atoms with E-state index in [9.17, 15) is 4.79 Å². The average Bonchev–Trinajstić information content (AvgIpc) is 2.94. The second-order valence-corrected chi connectivity index (χ2v) is 7.83. The molecule has 0 saturated carbocycles. The Morgan fingerprint density at radius 2 is 1.60 bits per heavy atom. The zero-order valence-corrected chi connectivity index (χ0v) is 19.6. The molecule has 1 aliphatic heterocycles. The number of nitrogens with zero attached hydrogens (tertiary/aromatic N) is 1. The molecule has 0 unspecified atom stereocenters. The summed E-state index contributed by atoms with van der Waals surface area (Å²) in [4.78, 5) is 13.4. The third kappa shape index (κ3) is 7.18. The van der Waals surface area contributed by atoms with Crippen LogP contribution in [0.3, 0.4) is 0 Å². The first-order valence-electron chi connectivity index (χ1n) is 10.8. The van der Waals surface area contributed by atoms with Crippen LogP contribution in [0.1, 0.15) is 54.9 Å². The quantitative estimate of drug-likeness (QED) is 0.615. The second-order valence-electron chi connectivity index (χ2n) is 7.83. The predicted molar refractivity (Wildman–Crippen MR) is 119 cm³/mol. The molecule has 0 radical (unpaired) electrons. The average molecular weight is 423 g/mol. The summed E-state index contributed by atoms with van der Waals surface area (Å²) in [7, 11) is -0.410. The Morgan fingerprint density at radius 3 is 2.10 bits per heavy atom. The molecule has 7 nitrogen and oxygen atoms in total. The number of benzene rings is 1. The Kier molecular flexibility index (Phi) is 10.7. The second kappa shape index (κ2) is 12.2. The largest absolute Gasteiger partial charge is 0.494 e. The summed E-state index contributed by atoms with van der Waals surface area (Å²) >= 11 is 0. The van der Waals surface area contributed by atoms with Crippen LogP contribution in [-0.4, -0.2) is 67.3 Å². The van der Waals surface area contributed by atoms with Crippen LogP contribution in [0.4, 0.5) is 4.79 Å². The van der Waals surface area contributed by atoms with E-state index in [1.165, 1.54) is 4.90 Å². The molecule has 1 aliphatic rings. The Balaban J connectivity index is 0.00000218. The fourth-order valence-corrected chi connectivity index (χ4v) is 2.67. The van der Waals surface area contributed by atoms with Crippen molar-refractivity contribution in [3.63, 3.8) is 0 Å². The first-order chi connectivity index (χ1) is 14.2. The van der Waals surface area contributed by atoms with Crippen LogP contribution >= 0.6 is 0 Å². The standard InChI is InChI=1S/C20H32BNO6.C2H6/c1-6-14-26-18(24)22(11-13-23)12-15-25-17-9-7-16(8-10-17)21-27-19(2,3)20(4,5)28-21;1-2/h7-10,23H,6,11-15H2,1-5H3;1-2H3. The summed E-state index contributed by atoms with van der Waals surface area (Å²) in [6.07, 6.45) is 0.320. The Hall–Kier alpha value is -1.77. The minimum absolute atomic E-state index is 0.121. The van der Waals surface area contributed by atoms with Gasteiger partial charge in [0.05, 0.1) is 31.0 Å². The molecule has 2 rings (SSSR count). The van der Waals surface area contributed by atoms with E-state index in [4.69, 9.17) is 23.9 Å². The third-order valence-electron chi connectivity index (χ3n) is 5.09. The van der Waals surface area contributed by atoms with Gasteiger partial charge in [0.2, 0.25) is 0 Å². The molecule has 8 heteroatoms. The monoisotopic (exact) mass is 423 g/mol. The lowest BCUT2D eigenvalue weighted by Gasteiger charge is -2.32. The summed E-state index contributed by atoms with van der Waals surface area (Å²) in [6, 6.07) is 7.54. The van der Waals surface area contributed by atoms with Crippen molar-refractivity contribution in [2.75, 3.05) is 32.9 Å². The number of carbonyl (C=O) groups is 1. The van der Waals surface area contributed by atoms with Crippen molar-refractivity contribution in [2.24, 2.45) is 0 Å². The van der Waals surface area contributed by atoms with E-state index in [-0.39, 0.29) is 24.4 Å². The highest BCUT2D eigenvalue weighted by atomic mass is 16.7. The number of aliphatic hydroxyl groups is 1. The van der Waals surface area contributed by atoms with Crippen LogP contribution in [-0.2, 0) is 14.0 Å². The SMILES string of the molecule is CC.CCCOC(=O)N(CCO)CCOc1ccc(B2OC(C)(C)C(C)(C)O2)cc1. The molecule has 1 heterocycles. The fraction of sp³-hybridized carbons (Fsp3) is 0.682. The molecule has 1 amide bonds. The van der Waals surface area contributed by atoms with Crippen molar-refractivity contribution in [2.45, 2.75) is 66.1 Å². The van der Waals surface area contributed by atoms with Crippen molar-refractivity contribution in [3.05, 3.63) is 24.3 Å². The van der Waals surface area contributed by atoms with E-state index >= 15 is 0 Å². The van der Waals surface area contributed by atoms with E-state index in [1.54, 1.807) is 0 Å². The fourth-order valence-electron chi connectivity index (χ4n) is 2.67. The van der Waals surface area contributed by atoms with Crippen molar-refractivity contribution in [1.82, 2.24) is 4.90 Å². The van der Waals surface area contributed by atoms with Gasteiger partial charge in [-0.25, -0.2) is 4.79 Å². The predicted octanol–water partition coefficient (Wildman–Crippen LogP) is 3.23. The van der Waals surface area contributed by atoms with Crippen LogP contribution in [0, 0.1) is 0 Å². The molecule has 0 aliphatic carbocycles. The molecule has 0 atom stereocenters. The van der Waals surface area contributed by atoms with E-state index in [1.807, 2.05) is 72.7 Å². The van der Waals surface area contributed by atoms with Crippen LogP contribution in [0.25, 0.3) is 0 Å². The number of aliphatic hydroxyl groups excluding tert-OH is 1. The van der Waals surface area contributed by atoms with E-state index in [2.05, 4.69) is 0 Å². The highest BCUT2D eigenvalue weighted by Crippen LogP contribution is 2.36. The van der Waals surface area contributed by atoms with Crippen molar-refractivity contribution in [3.8, 4) is 5.75 Å². The zero-order valence-electron chi connectivity index (χ0n) is 19.6. The molecule has 1 N–H and O–H groups in total. The van der Waals surface area contributed by atoms with E-state index in [0.717, 1.165) is 11.9 Å². The number of hydrogen-bond acceptors (Lipinski definition) is 6. The minimum Gasteiger partial charge on any atom is -0.492 e. The molecule has 0 aromatic heterocycles. The van der Waals surface area contributed by atoms with Gasteiger partial charge < -0.3 is 28.8 Å². The topological polar surface area (TPSA) is 77.5 Å². The van der Waals surface area contributed by atoms with Gasteiger partial charge in [0.25, 0.3) is 0 Å². The van der Waals surface area contributed by atoms with E-state index in [0.29, 0.717) is 25.5 Å². The van der Waals surface area contributed by atoms with Gasteiger partial charge >= 0.3 is 13.2 Å². The maximum Gasteiger partial charge on any atom is 0.494 e. The first kappa shape index (κ1) is 26.3. The van der Waals surface area contributed by atoms with Crippen molar-refractivity contribution < 1.29 is 28.7 Å². The molecule has 170 valence electrons. The lowest BCUT2D eigenvalue weighted by Crippen LogP contribution is -2.41. The first-order valence-corrected chi connectivity index (χ1v) is 10.8. The van der Waals surface area contributed by atoms with Gasteiger partial charge in [-0.3, -0.25) is 0 Å². The van der Waals surface area contributed by atoms with Crippen LogP contribution in [0.15, 0.2) is 24.3 Å². The molecular weight excluding hydrogens is 385 g/mol. The molecule has 1 aromatic carbocycles. The molecule has 0 bridgehead atoms. The Morgan fingerprint density at radius 1 is 1.03 bits per heavy atom. The van der Waals surface area contributed by atoms with Crippen LogP contribution in [0.5, 0.6) is 5.75 Å². The van der Waals surface area contributed by atoms with Crippen molar-refractivity contribution >= 4 is 18.7 Å². The van der Waals surface area contributed by atoms with Gasteiger partial charge in [0, 0.05) is 6.54 Å². The number of ether oxygens (including phenoxy) is 2. The Bertz CT molecular complexity index is 619. The third-order valence-corrected chi connectivity index (χ3v) is 5.09. The molecule has 1 saturated heterocycles. The van der Waals surface area contributed by atoms with E-state index < -0.39 is 13.2 Å². The summed E-state index contributed by atoms with van der Waals surface area (Å²) in [5, 5.41) is 9.12. The van der Waals surface area contributed by atoms with Crippen LogP contribution < -0.4 is 10.2 Å². The number of carbonyl (C=O) groups excluding carboxylic acids is 1. The highest BCUT2D eigenvalue weighted by molar-refractivity contribution is 6.62. The molecule has 1 fully saturated rings. The Labute approximate surface area is 181 Å². The molecule has 0 spiro atoms.